The number of ether oxygens (including phenoxy) is 1. The van der Waals surface area contributed by atoms with Gasteiger partial charge < -0.3 is 10.1 Å². The van der Waals surface area contributed by atoms with Crippen molar-refractivity contribution >= 4 is 5.91 Å². The molecule has 4 heteroatoms. The van der Waals surface area contributed by atoms with Gasteiger partial charge in [-0.3, -0.25) is 9.78 Å². The van der Waals surface area contributed by atoms with Crippen LogP contribution in [0.1, 0.15) is 25.5 Å². The Labute approximate surface area is 88.7 Å². The maximum absolute atomic E-state index is 11.5. The SMILES string of the molecule is CC(C)NC(=O)[C@H]1O[C@@H]1c1cccnc1. The van der Waals surface area contributed by atoms with E-state index in [2.05, 4.69) is 10.3 Å². The standard InChI is InChI=1S/C11H14N2O2/c1-7(2)13-11(14)10-9(15-10)8-4-3-5-12-6-8/h3-7,9-10H,1-2H3,(H,13,14)/t9-,10+/m1/s1. The Morgan fingerprint density at radius 1 is 1.60 bits per heavy atom. The highest BCUT2D eigenvalue weighted by molar-refractivity contribution is 5.84. The van der Waals surface area contributed by atoms with Crippen LogP contribution in [0.4, 0.5) is 0 Å². The third-order valence-electron chi connectivity index (χ3n) is 2.19. The van der Waals surface area contributed by atoms with Gasteiger partial charge in [0.25, 0.3) is 5.91 Å². The molecule has 0 spiro atoms. The van der Waals surface area contributed by atoms with Crippen molar-refractivity contribution in [3.8, 4) is 0 Å². The molecule has 0 radical (unpaired) electrons. The lowest BCUT2D eigenvalue weighted by atomic mass is 10.1. The summed E-state index contributed by atoms with van der Waals surface area (Å²) in [6.07, 6.45) is 2.98. The number of nitrogens with one attached hydrogen (secondary N) is 1. The summed E-state index contributed by atoms with van der Waals surface area (Å²) >= 11 is 0. The number of pyridine rings is 1. The zero-order chi connectivity index (χ0) is 10.8. The highest BCUT2D eigenvalue weighted by Gasteiger charge is 2.46. The van der Waals surface area contributed by atoms with E-state index >= 15 is 0 Å². The van der Waals surface area contributed by atoms with Gasteiger partial charge in [0.15, 0.2) is 6.10 Å². The molecule has 1 N–H and O–H groups in total. The second kappa shape index (κ2) is 3.98. The molecule has 2 atom stereocenters. The fourth-order valence-electron chi connectivity index (χ4n) is 1.48. The maximum atomic E-state index is 11.5. The summed E-state index contributed by atoms with van der Waals surface area (Å²) in [5, 5.41) is 2.82. The minimum Gasteiger partial charge on any atom is -0.354 e. The molecule has 1 aromatic rings. The van der Waals surface area contributed by atoms with Gasteiger partial charge in [-0.25, -0.2) is 0 Å². The molecule has 1 aliphatic heterocycles. The molecule has 15 heavy (non-hydrogen) atoms. The first-order chi connectivity index (χ1) is 7.18. The Hall–Kier alpha value is -1.42. The van der Waals surface area contributed by atoms with Crippen LogP contribution in [-0.4, -0.2) is 23.0 Å². The van der Waals surface area contributed by atoms with Crippen LogP contribution in [0.15, 0.2) is 24.5 Å². The predicted molar refractivity (Wildman–Crippen MR) is 55.1 cm³/mol. The Bertz CT molecular complexity index is 351. The molecule has 1 fully saturated rings. The summed E-state index contributed by atoms with van der Waals surface area (Å²) < 4.78 is 5.31. The van der Waals surface area contributed by atoms with Crippen LogP contribution >= 0.6 is 0 Å². The molecule has 1 aliphatic rings. The first-order valence-corrected chi connectivity index (χ1v) is 5.04. The van der Waals surface area contributed by atoms with Crippen molar-refractivity contribution in [2.24, 2.45) is 0 Å². The van der Waals surface area contributed by atoms with Gasteiger partial charge in [0.2, 0.25) is 0 Å². The number of nitrogens with zero attached hydrogens (tertiary/aromatic N) is 1. The van der Waals surface area contributed by atoms with Crippen molar-refractivity contribution < 1.29 is 9.53 Å². The number of epoxide rings is 1. The molecule has 0 saturated carbocycles. The fourth-order valence-corrected chi connectivity index (χ4v) is 1.48. The number of aromatic nitrogens is 1. The van der Waals surface area contributed by atoms with Crippen molar-refractivity contribution in [2.45, 2.75) is 32.1 Å². The predicted octanol–water partition coefficient (Wildman–Crippen LogP) is 1.05. The highest BCUT2D eigenvalue weighted by Crippen LogP contribution is 2.38. The topological polar surface area (TPSA) is 54.5 Å². The van der Waals surface area contributed by atoms with E-state index in [1.165, 1.54) is 0 Å². The zero-order valence-corrected chi connectivity index (χ0v) is 8.81. The van der Waals surface area contributed by atoms with Crippen molar-refractivity contribution in [1.29, 1.82) is 0 Å². The van der Waals surface area contributed by atoms with Gasteiger partial charge in [-0.2, -0.15) is 0 Å². The maximum Gasteiger partial charge on any atom is 0.252 e. The molecule has 0 aromatic carbocycles. The molecule has 0 unspecified atom stereocenters. The van der Waals surface area contributed by atoms with E-state index in [0.717, 1.165) is 5.56 Å². The molecule has 1 aromatic heterocycles. The molecule has 2 rings (SSSR count). The molecule has 4 nitrogen and oxygen atoms in total. The molecular formula is C11H14N2O2. The smallest absolute Gasteiger partial charge is 0.252 e. The first-order valence-electron chi connectivity index (χ1n) is 5.04. The fraction of sp³-hybridized carbons (Fsp3) is 0.455. The van der Waals surface area contributed by atoms with Gasteiger partial charge in [0, 0.05) is 24.0 Å². The second-order valence-electron chi connectivity index (χ2n) is 3.93. The Balaban J connectivity index is 1.94. The van der Waals surface area contributed by atoms with Crippen LogP contribution in [0.2, 0.25) is 0 Å². The van der Waals surface area contributed by atoms with Gasteiger partial charge in [-0.15, -0.1) is 0 Å². The molecule has 80 valence electrons. The number of hydrogen-bond acceptors (Lipinski definition) is 3. The second-order valence-corrected chi connectivity index (χ2v) is 3.93. The van der Waals surface area contributed by atoms with E-state index < -0.39 is 0 Å². The Morgan fingerprint density at radius 3 is 3.00 bits per heavy atom. The highest BCUT2D eigenvalue weighted by atomic mass is 16.6. The lowest BCUT2D eigenvalue weighted by Gasteiger charge is -2.05. The van der Waals surface area contributed by atoms with Crippen molar-refractivity contribution in [2.75, 3.05) is 0 Å². The average Bonchev–Trinajstić information content (AvgIpc) is 2.97. The summed E-state index contributed by atoms with van der Waals surface area (Å²) in [4.78, 5) is 15.5. The molecule has 1 saturated heterocycles. The van der Waals surface area contributed by atoms with E-state index in [0.29, 0.717) is 0 Å². The number of amides is 1. The van der Waals surface area contributed by atoms with Crippen LogP contribution < -0.4 is 5.32 Å². The van der Waals surface area contributed by atoms with Gasteiger partial charge in [0.1, 0.15) is 6.10 Å². The number of rotatable bonds is 3. The Kier molecular flexibility index (Phi) is 2.68. The summed E-state index contributed by atoms with van der Waals surface area (Å²) in [5.74, 6) is -0.0427. The summed E-state index contributed by atoms with van der Waals surface area (Å²) in [5.41, 5.74) is 0.960. The lowest BCUT2D eigenvalue weighted by molar-refractivity contribution is -0.122. The van der Waals surface area contributed by atoms with Crippen molar-refractivity contribution in [3.63, 3.8) is 0 Å². The number of hydrogen-bond donors (Lipinski definition) is 1. The van der Waals surface area contributed by atoms with Gasteiger partial charge in [-0.1, -0.05) is 6.07 Å². The lowest BCUT2D eigenvalue weighted by Crippen LogP contribution is -2.33. The van der Waals surface area contributed by atoms with Crippen LogP contribution in [0.5, 0.6) is 0 Å². The van der Waals surface area contributed by atoms with Crippen LogP contribution in [0.25, 0.3) is 0 Å². The Morgan fingerprint density at radius 2 is 2.40 bits per heavy atom. The van der Waals surface area contributed by atoms with E-state index in [1.54, 1.807) is 12.4 Å². The number of carbonyl (C=O) groups excluding carboxylic acids is 1. The van der Waals surface area contributed by atoms with E-state index in [-0.39, 0.29) is 24.2 Å². The molecule has 1 amide bonds. The van der Waals surface area contributed by atoms with Crippen LogP contribution in [0, 0.1) is 0 Å². The summed E-state index contributed by atoms with van der Waals surface area (Å²) in [6, 6.07) is 3.91. The molecule has 2 heterocycles. The normalized spacial score (nSPS) is 23.9. The van der Waals surface area contributed by atoms with Gasteiger partial charge in [0.05, 0.1) is 0 Å². The van der Waals surface area contributed by atoms with Crippen molar-refractivity contribution in [1.82, 2.24) is 10.3 Å². The average molecular weight is 206 g/mol. The van der Waals surface area contributed by atoms with Crippen LogP contribution in [-0.2, 0) is 9.53 Å². The molecule has 0 aliphatic carbocycles. The minimum absolute atomic E-state index is 0.0427. The monoisotopic (exact) mass is 206 g/mol. The molecule has 0 bridgehead atoms. The van der Waals surface area contributed by atoms with E-state index in [1.807, 2.05) is 26.0 Å². The largest absolute Gasteiger partial charge is 0.354 e. The minimum atomic E-state index is -0.336. The van der Waals surface area contributed by atoms with Gasteiger partial charge >= 0.3 is 0 Å². The third-order valence-corrected chi connectivity index (χ3v) is 2.19. The van der Waals surface area contributed by atoms with Gasteiger partial charge in [-0.05, 0) is 19.9 Å². The summed E-state index contributed by atoms with van der Waals surface area (Å²) in [7, 11) is 0. The number of carbonyl (C=O) groups is 1. The quantitative estimate of drug-likeness (QED) is 0.752. The third kappa shape index (κ3) is 2.33. The first kappa shape index (κ1) is 10.1. The van der Waals surface area contributed by atoms with E-state index in [9.17, 15) is 4.79 Å². The van der Waals surface area contributed by atoms with E-state index in [4.69, 9.17) is 4.74 Å². The van der Waals surface area contributed by atoms with Crippen LogP contribution in [0.3, 0.4) is 0 Å². The van der Waals surface area contributed by atoms with Crippen molar-refractivity contribution in [3.05, 3.63) is 30.1 Å². The molecular weight excluding hydrogens is 192 g/mol. The summed E-state index contributed by atoms with van der Waals surface area (Å²) in [6.45, 7) is 3.86. The zero-order valence-electron chi connectivity index (χ0n) is 8.81.